The van der Waals surface area contributed by atoms with E-state index in [1.165, 1.54) is 12.1 Å². The smallest absolute Gasteiger partial charge is 0.293 e. The van der Waals surface area contributed by atoms with E-state index in [2.05, 4.69) is 5.32 Å². The lowest BCUT2D eigenvalue weighted by molar-refractivity contribution is -0.384. The monoisotopic (exact) mass is 365 g/mol. The Morgan fingerprint density at radius 1 is 1.28 bits per heavy atom. The molecule has 0 amide bonds. The number of nitro groups is 1. The van der Waals surface area contributed by atoms with Crippen molar-refractivity contribution in [2.45, 2.75) is 24.8 Å². The summed E-state index contributed by atoms with van der Waals surface area (Å²) in [6.07, 6.45) is 0. The third-order valence-corrected chi connectivity index (χ3v) is 4.45. The molecule has 0 radical (unpaired) electrons. The number of nitrogens with one attached hydrogen (secondary N) is 1. The highest BCUT2D eigenvalue weighted by Crippen LogP contribution is 2.31. The van der Waals surface area contributed by atoms with Crippen molar-refractivity contribution >= 4 is 21.4 Å². The quantitative estimate of drug-likeness (QED) is 0.574. The molecule has 25 heavy (non-hydrogen) atoms. The van der Waals surface area contributed by atoms with E-state index in [-0.39, 0.29) is 22.3 Å². The first-order valence-corrected chi connectivity index (χ1v) is 9.07. The summed E-state index contributed by atoms with van der Waals surface area (Å²) in [6, 6.07) is 10.6. The summed E-state index contributed by atoms with van der Waals surface area (Å²) < 4.78 is 28.2. The molecule has 0 aliphatic heterocycles. The number of ether oxygens (including phenoxy) is 1. The molecular weight excluding hydrogens is 346 g/mol. The minimum absolute atomic E-state index is 0.201. The SMILES string of the molecule is CCOc1cccc(C(C)Nc2ccc(S(N)(=O)=O)cc2[N+](=O)[O-])c1. The van der Waals surface area contributed by atoms with Crippen LogP contribution in [0.15, 0.2) is 47.4 Å². The Morgan fingerprint density at radius 3 is 2.60 bits per heavy atom. The van der Waals surface area contributed by atoms with Crippen LogP contribution in [-0.4, -0.2) is 19.9 Å². The summed E-state index contributed by atoms with van der Waals surface area (Å²) in [6.45, 7) is 4.25. The van der Waals surface area contributed by atoms with E-state index in [1.54, 1.807) is 0 Å². The summed E-state index contributed by atoms with van der Waals surface area (Å²) >= 11 is 0. The average molecular weight is 365 g/mol. The number of benzene rings is 2. The molecule has 1 atom stereocenters. The second kappa shape index (κ2) is 7.49. The zero-order valence-electron chi connectivity index (χ0n) is 13.8. The largest absolute Gasteiger partial charge is 0.494 e. The maximum atomic E-state index is 11.4. The average Bonchev–Trinajstić information content (AvgIpc) is 2.54. The minimum atomic E-state index is -4.02. The van der Waals surface area contributed by atoms with Gasteiger partial charge in [-0.15, -0.1) is 0 Å². The van der Waals surface area contributed by atoms with E-state index >= 15 is 0 Å². The molecule has 0 aliphatic rings. The van der Waals surface area contributed by atoms with Gasteiger partial charge < -0.3 is 10.1 Å². The van der Waals surface area contributed by atoms with Gasteiger partial charge in [-0.05, 0) is 43.7 Å². The van der Waals surface area contributed by atoms with E-state index in [0.29, 0.717) is 12.4 Å². The van der Waals surface area contributed by atoms with E-state index in [9.17, 15) is 18.5 Å². The molecule has 0 saturated carbocycles. The maximum Gasteiger partial charge on any atom is 0.293 e. The number of nitrogens with zero attached hydrogens (tertiary/aromatic N) is 1. The minimum Gasteiger partial charge on any atom is -0.494 e. The van der Waals surface area contributed by atoms with Crippen LogP contribution in [0.1, 0.15) is 25.5 Å². The van der Waals surface area contributed by atoms with E-state index in [0.717, 1.165) is 11.6 Å². The third kappa shape index (κ3) is 4.68. The number of sulfonamides is 1. The second-order valence-electron chi connectivity index (χ2n) is 5.35. The van der Waals surface area contributed by atoms with Crippen molar-refractivity contribution in [2.24, 2.45) is 5.14 Å². The van der Waals surface area contributed by atoms with Gasteiger partial charge in [0.15, 0.2) is 0 Å². The Labute approximate surface area is 145 Å². The van der Waals surface area contributed by atoms with Gasteiger partial charge in [0, 0.05) is 12.1 Å². The zero-order chi connectivity index (χ0) is 18.6. The highest BCUT2D eigenvalue weighted by Gasteiger charge is 2.20. The summed E-state index contributed by atoms with van der Waals surface area (Å²) in [7, 11) is -4.02. The van der Waals surface area contributed by atoms with Crippen LogP contribution in [0.25, 0.3) is 0 Å². The normalized spacial score (nSPS) is 12.4. The van der Waals surface area contributed by atoms with Gasteiger partial charge in [0.2, 0.25) is 10.0 Å². The fraction of sp³-hybridized carbons (Fsp3) is 0.250. The van der Waals surface area contributed by atoms with Crippen molar-refractivity contribution in [3.8, 4) is 5.75 Å². The Balaban J connectivity index is 2.33. The van der Waals surface area contributed by atoms with Crippen molar-refractivity contribution < 1.29 is 18.1 Å². The van der Waals surface area contributed by atoms with E-state index < -0.39 is 14.9 Å². The molecule has 2 rings (SSSR count). The molecule has 3 N–H and O–H groups in total. The van der Waals surface area contributed by atoms with Crippen LogP contribution in [0, 0.1) is 10.1 Å². The number of nitrogens with two attached hydrogens (primary N) is 1. The number of primary sulfonamides is 1. The highest BCUT2D eigenvalue weighted by atomic mass is 32.2. The van der Waals surface area contributed by atoms with Crippen LogP contribution < -0.4 is 15.2 Å². The number of hydrogen-bond acceptors (Lipinski definition) is 6. The molecule has 1 unspecified atom stereocenters. The molecule has 2 aromatic carbocycles. The molecular formula is C16H19N3O5S. The van der Waals surface area contributed by atoms with Crippen LogP contribution in [-0.2, 0) is 10.0 Å². The topological polar surface area (TPSA) is 125 Å². The molecule has 8 nitrogen and oxygen atoms in total. The van der Waals surface area contributed by atoms with Gasteiger partial charge in [0.05, 0.1) is 16.4 Å². The molecule has 0 heterocycles. The summed E-state index contributed by atoms with van der Waals surface area (Å²) in [5.41, 5.74) is 0.710. The van der Waals surface area contributed by atoms with Gasteiger partial charge in [-0.2, -0.15) is 0 Å². The summed E-state index contributed by atoms with van der Waals surface area (Å²) in [4.78, 5) is 10.3. The van der Waals surface area contributed by atoms with Crippen LogP contribution in [0.2, 0.25) is 0 Å². The van der Waals surface area contributed by atoms with Crippen LogP contribution >= 0.6 is 0 Å². The molecule has 0 fully saturated rings. The third-order valence-electron chi connectivity index (χ3n) is 3.54. The predicted octanol–water partition coefficient (Wildman–Crippen LogP) is 2.81. The van der Waals surface area contributed by atoms with Gasteiger partial charge in [0.25, 0.3) is 5.69 Å². The Bertz CT molecular complexity index is 883. The van der Waals surface area contributed by atoms with Crippen molar-refractivity contribution in [1.29, 1.82) is 0 Å². The Hall–Kier alpha value is -2.65. The van der Waals surface area contributed by atoms with Gasteiger partial charge in [0.1, 0.15) is 11.4 Å². The first-order valence-electron chi connectivity index (χ1n) is 7.53. The van der Waals surface area contributed by atoms with Crippen LogP contribution in [0.4, 0.5) is 11.4 Å². The fourth-order valence-corrected chi connectivity index (χ4v) is 2.85. The van der Waals surface area contributed by atoms with Crippen molar-refractivity contribution in [1.82, 2.24) is 0 Å². The maximum absolute atomic E-state index is 11.4. The molecule has 0 aliphatic carbocycles. The lowest BCUT2D eigenvalue weighted by Gasteiger charge is -2.17. The molecule has 0 aromatic heterocycles. The van der Waals surface area contributed by atoms with E-state index in [4.69, 9.17) is 9.88 Å². The lowest BCUT2D eigenvalue weighted by atomic mass is 10.1. The number of nitro benzene ring substituents is 1. The number of rotatable bonds is 7. The number of hydrogen-bond donors (Lipinski definition) is 2. The van der Waals surface area contributed by atoms with Crippen LogP contribution in [0.3, 0.4) is 0 Å². The number of anilines is 1. The zero-order valence-corrected chi connectivity index (χ0v) is 14.6. The first-order chi connectivity index (χ1) is 11.7. The summed E-state index contributed by atoms with van der Waals surface area (Å²) in [5.74, 6) is 0.702. The molecule has 9 heteroatoms. The Kier molecular flexibility index (Phi) is 5.60. The van der Waals surface area contributed by atoms with Gasteiger partial charge in [-0.25, -0.2) is 13.6 Å². The van der Waals surface area contributed by atoms with Gasteiger partial charge >= 0.3 is 0 Å². The van der Waals surface area contributed by atoms with Crippen molar-refractivity contribution in [2.75, 3.05) is 11.9 Å². The fourth-order valence-electron chi connectivity index (χ4n) is 2.32. The molecule has 0 saturated heterocycles. The second-order valence-corrected chi connectivity index (χ2v) is 6.91. The standard InChI is InChI=1S/C16H19N3O5S/c1-3-24-13-6-4-5-12(9-13)11(2)18-15-8-7-14(25(17,22)23)10-16(15)19(20)21/h4-11,18H,3H2,1-2H3,(H2,17,22,23). The predicted molar refractivity (Wildman–Crippen MR) is 94.1 cm³/mol. The van der Waals surface area contributed by atoms with Crippen molar-refractivity contribution in [3.05, 3.63) is 58.1 Å². The van der Waals surface area contributed by atoms with E-state index in [1.807, 2.05) is 38.1 Å². The van der Waals surface area contributed by atoms with Gasteiger partial charge in [-0.3, -0.25) is 10.1 Å². The lowest BCUT2D eigenvalue weighted by Crippen LogP contribution is -2.13. The van der Waals surface area contributed by atoms with Crippen LogP contribution in [0.5, 0.6) is 5.75 Å². The van der Waals surface area contributed by atoms with Crippen molar-refractivity contribution in [3.63, 3.8) is 0 Å². The highest BCUT2D eigenvalue weighted by molar-refractivity contribution is 7.89. The molecule has 0 spiro atoms. The first kappa shape index (κ1) is 18.7. The Morgan fingerprint density at radius 2 is 2.00 bits per heavy atom. The van der Waals surface area contributed by atoms with Gasteiger partial charge in [-0.1, -0.05) is 12.1 Å². The molecule has 2 aromatic rings. The molecule has 0 bridgehead atoms. The molecule has 134 valence electrons. The summed E-state index contributed by atoms with van der Waals surface area (Å²) in [5, 5.41) is 19.3.